The third kappa shape index (κ3) is 6.50. The van der Waals surface area contributed by atoms with E-state index in [0.717, 1.165) is 16.8 Å². The van der Waals surface area contributed by atoms with Gasteiger partial charge in [0.15, 0.2) is 16.7 Å². The number of hydrogen-bond donors (Lipinski definition) is 0. The van der Waals surface area contributed by atoms with Crippen LogP contribution in [0, 0.1) is 30.9 Å². The lowest BCUT2D eigenvalue weighted by Gasteiger charge is -2.18. The van der Waals surface area contributed by atoms with E-state index < -0.39 is 5.25 Å². The summed E-state index contributed by atoms with van der Waals surface area (Å²) in [5, 5.41) is 20.3. The van der Waals surface area contributed by atoms with Crippen molar-refractivity contribution in [2.24, 2.45) is 0 Å². The van der Waals surface area contributed by atoms with Gasteiger partial charge in [0.05, 0.1) is 11.6 Å². The maximum absolute atomic E-state index is 11.6. The molecule has 0 aliphatic heterocycles. The van der Waals surface area contributed by atoms with Gasteiger partial charge in [-0.15, -0.1) is 10.2 Å². The number of hydrogen-bond acceptors (Lipinski definition) is 7. The van der Waals surface area contributed by atoms with Gasteiger partial charge in [-0.1, -0.05) is 53.7 Å². The fraction of sp³-hybridized carbons (Fsp3) is 0.259. The van der Waals surface area contributed by atoms with Crippen molar-refractivity contribution >= 4 is 27.7 Å². The van der Waals surface area contributed by atoms with Crippen LogP contribution in [0.4, 0.5) is 0 Å². The molecule has 4 aromatic rings. The minimum Gasteiger partial charge on any atom is -0.493 e. The largest absolute Gasteiger partial charge is 0.493 e. The maximum atomic E-state index is 11.6. The Bertz CT molecular complexity index is 1410. The highest BCUT2D eigenvalue weighted by atomic mass is 79.9. The monoisotopic (exact) mass is 582 g/mol. The van der Waals surface area contributed by atoms with Gasteiger partial charge >= 0.3 is 0 Å². The lowest BCUT2D eigenvalue weighted by atomic mass is 10.1. The molecule has 8 nitrogen and oxygen atoms in total. The number of nitrogens with zero attached hydrogens (tertiary/aromatic N) is 4. The van der Waals surface area contributed by atoms with Gasteiger partial charge in [0.2, 0.25) is 6.54 Å². The molecule has 37 heavy (non-hydrogen) atoms. The molecule has 0 spiro atoms. The van der Waals surface area contributed by atoms with E-state index in [1.54, 1.807) is 13.2 Å². The van der Waals surface area contributed by atoms with E-state index >= 15 is 0 Å². The highest BCUT2D eigenvalue weighted by Gasteiger charge is 2.26. The van der Waals surface area contributed by atoms with Crippen molar-refractivity contribution in [1.82, 2.24) is 14.8 Å². The smallest absolute Gasteiger partial charge is 0.220 e. The highest BCUT2D eigenvalue weighted by molar-refractivity contribution is 9.10. The van der Waals surface area contributed by atoms with Crippen LogP contribution in [0.2, 0.25) is 0 Å². The van der Waals surface area contributed by atoms with Crippen LogP contribution in [-0.4, -0.2) is 33.3 Å². The number of thioether (sulfide) groups is 1. The van der Waals surface area contributed by atoms with Crippen LogP contribution in [0.5, 0.6) is 11.5 Å². The van der Waals surface area contributed by atoms with E-state index in [1.165, 1.54) is 17.3 Å². The van der Waals surface area contributed by atoms with E-state index in [-0.39, 0.29) is 11.5 Å². The van der Waals surface area contributed by atoms with E-state index in [1.807, 2.05) is 79.9 Å². The molecule has 10 heteroatoms. The Labute approximate surface area is 228 Å². The number of methoxy groups -OCH3 is 1. The van der Waals surface area contributed by atoms with E-state index in [4.69, 9.17) is 9.47 Å². The van der Waals surface area contributed by atoms with Gasteiger partial charge in [-0.2, -0.15) is 0 Å². The molecular weight excluding hydrogens is 556 g/mol. The second-order valence-electron chi connectivity index (χ2n) is 8.63. The first-order chi connectivity index (χ1) is 17.7. The number of rotatable bonds is 10. The summed E-state index contributed by atoms with van der Waals surface area (Å²) in [5.74, 6) is 1.73. The van der Waals surface area contributed by atoms with Crippen molar-refractivity contribution in [3.8, 4) is 17.2 Å². The average Bonchev–Trinajstić information content (AvgIpc) is 3.23. The molecule has 0 bridgehead atoms. The molecule has 3 aromatic carbocycles. The molecule has 4 rings (SSSR count). The summed E-state index contributed by atoms with van der Waals surface area (Å²) in [7, 11) is 1.55. The summed E-state index contributed by atoms with van der Waals surface area (Å²) < 4.78 is 14.3. The van der Waals surface area contributed by atoms with E-state index in [0.29, 0.717) is 39.1 Å². The Morgan fingerprint density at radius 3 is 2.49 bits per heavy atom. The maximum Gasteiger partial charge on any atom is 0.220 e. The number of ether oxygens (including phenoxy) is 2. The van der Waals surface area contributed by atoms with Crippen molar-refractivity contribution in [2.45, 2.75) is 37.8 Å². The molecule has 0 fully saturated rings. The Balaban J connectivity index is 1.65. The molecule has 0 N–H and O–H groups in total. The molecule has 0 amide bonds. The van der Waals surface area contributed by atoms with Gasteiger partial charge in [-0.05, 0) is 77.7 Å². The van der Waals surface area contributed by atoms with Crippen LogP contribution in [0.15, 0.2) is 70.3 Å². The Morgan fingerprint density at radius 1 is 1.05 bits per heavy atom. The van der Waals surface area contributed by atoms with Crippen LogP contribution < -0.4 is 9.47 Å². The van der Waals surface area contributed by atoms with Gasteiger partial charge in [0.25, 0.3) is 0 Å². The quantitative estimate of drug-likeness (QED) is 0.117. The summed E-state index contributed by atoms with van der Waals surface area (Å²) in [6, 6.07) is 19.7. The minimum absolute atomic E-state index is 0.302. The molecule has 0 aliphatic rings. The summed E-state index contributed by atoms with van der Waals surface area (Å²) in [5.41, 5.74) is 4.91. The Kier molecular flexibility index (Phi) is 8.50. The standard InChI is InChI=1S/C27H27BrN4O4S/c1-17-8-10-20(11-9-17)16-36-26-23(28)13-21(14-24(26)35-4)25(15-31(33)34)37-27-30-29-19(3)32(27)22-7-5-6-18(2)12-22/h5-14,25H,15-16H2,1-4H3/t25-/m0/s1. The summed E-state index contributed by atoms with van der Waals surface area (Å²) in [6.45, 7) is 5.97. The van der Waals surface area contributed by atoms with Crippen LogP contribution in [0.25, 0.3) is 5.69 Å². The van der Waals surface area contributed by atoms with Crippen LogP contribution >= 0.6 is 27.7 Å². The van der Waals surface area contributed by atoms with Crippen molar-refractivity contribution in [3.05, 3.63) is 103 Å². The van der Waals surface area contributed by atoms with E-state index in [2.05, 4.69) is 26.1 Å². The van der Waals surface area contributed by atoms with Crippen molar-refractivity contribution in [2.75, 3.05) is 13.7 Å². The Hall–Kier alpha value is -3.37. The normalized spacial score (nSPS) is 11.8. The predicted octanol–water partition coefficient (Wildman–Crippen LogP) is 6.65. The second-order valence-corrected chi connectivity index (χ2v) is 10.7. The average molecular weight is 584 g/mol. The lowest BCUT2D eigenvalue weighted by Crippen LogP contribution is -2.12. The predicted molar refractivity (Wildman–Crippen MR) is 147 cm³/mol. The molecule has 1 atom stereocenters. The summed E-state index contributed by atoms with van der Waals surface area (Å²) in [4.78, 5) is 11.3. The topological polar surface area (TPSA) is 92.3 Å². The molecule has 1 aromatic heterocycles. The molecule has 0 unspecified atom stereocenters. The summed E-state index contributed by atoms with van der Waals surface area (Å²) in [6.07, 6.45) is 0. The second kappa shape index (κ2) is 11.8. The number of benzene rings is 3. The number of aromatic nitrogens is 3. The molecule has 192 valence electrons. The third-order valence-corrected chi connectivity index (χ3v) is 7.51. The van der Waals surface area contributed by atoms with Gasteiger partial charge in [-0.3, -0.25) is 14.7 Å². The molecule has 0 aliphatic carbocycles. The number of halogens is 1. The van der Waals surface area contributed by atoms with Crippen molar-refractivity contribution < 1.29 is 14.4 Å². The SMILES string of the molecule is COc1cc([C@H](C[N+](=O)[O-])Sc2nnc(C)n2-c2cccc(C)c2)cc(Br)c1OCc1ccc(C)cc1. The molecule has 1 heterocycles. The third-order valence-electron chi connectivity index (χ3n) is 5.74. The highest BCUT2D eigenvalue weighted by Crippen LogP contribution is 2.43. The molecular formula is C27H27BrN4O4S. The van der Waals surface area contributed by atoms with Gasteiger partial charge in [0.1, 0.15) is 17.7 Å². The van der Waals surface area contributed by atoms with Crippen LogP contribution in [-0.2, 0) is 6.61 Å². The van der Waals surface area contributed by atoms with Crippen LogP contribution in [0.1, 0.15) is 33.3 Å². The molecule has 0 saturated carbocycles. The van der Waals surface area contributed by atoms with Crippen LogP contribution in [0.3, 0.4) is 0 Å². The minimum atomic E-state index is -0.543. The lowest BCUT2D eigenvalue weighted by molar-refractivity contribution is -0.479. The van der Waals surface area contributed by atoms with Crippen molar-refractivity contribution in [1.29, 1.82) is 0 Å². The Morgan fingerprint density at radius 2 is 1.81 bits per heavy atom. The zero-order valence-corrected chi connectivity index (χ0v) is 23.4. The first kappa shape index (κ1) is 26.7. The van der Waals surface area contributed by atoms with Gasteiger partial charge in [0, 0.05) is 10.6 Å². The zero-order chi connectivity index (χ0) is 26.5. The zero-order valence-electron chi connectivity index (χ0n) is 21.0. The van der Waals surface area contributed by atoms with Gasteiger partial charge in [-0.25, -0.2) is 0 Å². The van der Waals surface area contributed by atoms with Gasteiger partial charge < -0.3 is 9.47 Å². The first-order valence-electron chi connectivity index (χ1n) is 11.6. The number of nitro groups is 1. The fourth-order valence-corrected chi connectivity index (χ4v) is 5.59. The molecule has 0 saturated heterocycles. The molecule has 0 radical (unpaired) electrons. The van der Waals surface area contributed by atoms with E-state index in [9.17, 15) is 10.1 Å². The van der Waals surface area contributed by atoms with Crippen molar-refractivity contribution in [3.63, 3.8) is 0 Å². The number of aryl methyl sites for hydroxylation is 3. The first-order valence-corrected chi connectivity index (χ1v) is 13.3. The fourth-order valence-electron chi connectivity index (χ4n) is 3.86. The summed E-state index contributed by atoms with van der Waals surface area (Å²) >= 11 is 4.88.